The Kier molecular flexibility index (Phi) is 7.60. The average Bonchev–Trinajstić information content (AvgIpc) is 2.45. The molecule has 0 amide bonds. The van der Waals surface area contributed by atoms with Crippen molar-refractivity contribution < 1.29 is 29.4 Å². The lowest BCUT2D eigenvalue weighted by molar-refractivity contribution is -0.788. The van der Waals surface area contributed by atoms with Gasteiger partial charge in [-0.15, -0.1) is 20.2 Å². The third-order valence-corrected chi connectivity index (χ3v) is 3.51. The standard InChI is InChI=1S/C12H14N2O8S/c1-9(15)21-12-5-3-2-4-10(12)7-23-8-11(22-14(18)19)6-20-13(16)17/h2-5,11H,6-8H2,1H3. The largest absolute Gasteiger partial charge is 0.426 e. The molecule has 0 aliphatic heterocycles. The van der Waals surface area contributed by atoms with E-state index in [1.807, 2.05) is 0 Å². The van der Waals surface area contributed by atoms with Gasteiger partial charge in [0, 0.05) is 24.0 Å². The molecule has 1 atom stereocenters. The Labute approximate surface area is 134 Å². The summed E-state index contributed by atoms with van der Waals surface area (Å²) in [5.41, 5.74) is 0.711. The molecule has 0 aliphatic rings. The van der Waals surface area contributed by atoms with Gasteiger partial charge >= 0.3 is 5.97 Å². The van der Waals surface area contributed by atoms with Gasteiger partial charge in [-0.25, -0.2) is 0 Å². The molecule has 11 heteroatoms. The zero-order valence-electron chi connectivity index (χ0n) is 12.1. The Balaban J connectivity index is 2.56. The first-order chi connectivity index (χ1) is 10.9. The summed E-state index contributed by atoms with van der Waals surface area (Å²) in [4.78, 5) is 39.9. The third-order valence-electron chi connectivity index (χ3n) is 2.39. The molecule has 0 fully saturated rings. The molecule has 126 valence electrons. The molecule has 0 bridgehead atoms. The Morgan fingerprint density at radius 2 is 1.96 bits per heavy atom. The first kappa shape index (κ1) is 18.5. The molecule has 23 heavy (non-hydrogen) atoms. The number of esters is 1. The lowest BCUT2D eigenvalue weighted by atomic mass is 10.2. The predicted octanol–water partition coefficient (Wildman–Crippen LogP) is 1.63. The quantitative estimate of drug-likeness (QED) is 0.268. The van der Waals surface area contributed by atoms with E-state index in [-0.39, 0.29) is 5.75 Å². The van der Waals surface area contributed by atoms with Gasteiger partial charge in [-0.2, -0.15) is 11.8 Å². The summed E-state index contributed by atoms with van der Waals surface area (Å²) in [5.74, 6) is 0.389. The summed E-state index contributed by atoms with van der Waals surface area (Å²) < 4.78 is 5.04. The van der Waals surface area contributed by atoms with Crippen LogP contribution in [0, 0.1) is 20.2 Å². The molecule has 0 radical (unpaired) electrons. The fraction of sp³-hybridized carbons (Fsp3) is 0.417. The van der Waals surface area contributed by atoms with Crippen LogP contribution >= 0.6 is 11.8 Å². The molecule has 0 spiro atoms. The van der Waals surface area contributed by atoms with Crippen LogP contribution in [0.4, 0.5) is 0 Å². The van der Waals surface area contributed by atoms with Crippen molar-refractivity contribution in [1.29, 1.82) is 0 Å². The van der Waals surface area contributed by atoms with Crippen LogP contribution in [0.15, 0.2) is 24.3 Å². The van der Waals surface area contributed by atoms with Gasteiger partial charge in [-0.05, 0) is 6.07 Å². The number of hydrogen-bond acceptors (Lipinski definition) is 9. The molecule has 0 aliphatic carbocycles. The van der Waals surface area contributed by atoms with Crippen LogP contribution in [0.3, 0.4) is 0 Å². The van der Waals surface area contributed by atoms with Crippen LogP contribution in [0.25, 0.3) is 0 Å². The second-order valence-corrected chi connectivity index (χ2v) is 5.22. The van der Waals surface area contributed by atoms with Crippen LogP contribution in [0.5, 0.6) is 5.75 Å². The number of rotatable bonds is 10. The molecular formula is C12H14N2O8S. The lowest BCUT2D eigenvalue weighted by Gasteiger charge is -2.14. The van der Waals surface area contributed by atoms with E-state index < -0.39 is 28.9 Å². The lowest BCUT2D eigenvalue weighted by Crippen LogP contribution is -2.26. The highest BCUT2D eigenvalue weighted by Gasteiger charge is 2.16. The van der Waals surface area contributed by atoms with Crippen molar-refractivity contribution in [2.75, 3.05) is 12.4 Å². The molecule has 1 unspecified atom stereocenters. The first-order valence-electron chi connectivity index (χ1n) is 6.31. The highest BCUT2D eigenvalue weighted by atomic mass is 32.2. The number of benzene rings is 1. The minimum absolute atomic E-state index is 0.0865. The number of nitrogens with zero attached hydrogens (tertiary/aromatic N) is 2. The minimum atomic E-state index is -1.08. The van der Waals surface area contributed by atoms with Crippen molar-refractivity contribution in [2.24, 2.45) is 0 Å². The van der Waals surface area contributed by atoms with E-state index in [2.05, 4.69) is 9.68 Å². The molecule has 1 aromatic carbocycles. The molecular weight excluding hydrogens is 332 g/mol. The smallest absolute Gasteiger partial charge is 0.308 e. The van der Waals surface area contributed by atoms with Gasteiger partial charge in [0.25, 0.3) is 10.2 Å². The molecule has 0 saturated carbocycles. The molecule has 1 aromatic rings. The highest BCUT2D eigenvalue weighted by Crippen LogP contribution is 2.24. The summed E-state index contributed by atoms with van der Waals surface area (Å²) in [6.45, 7) is 0.729. The third kappa shape index (κ3) is 7.85. The zero-order valence-corrected chi connectivity index (χ0v) is 12.9. The number of ether oxygens (including phenoxy) is 1. The molecule has 10 nitrogen and oxygen atoms in total. The van der Waals surface area contributed by atoms with E-state index in [4.69, 9.17) is 4.74 Å². The van der Waals surface area contributed by atoms with Gasteiger partial charge < -0.3 is 14.4 Å². The second-order valence-electron chi connectivity index (χ2n) is 4.19. The van der Waals surface area contributed by atoms with E-state index in [1.54, 1.807) is 24.3 Å². The predicted molar refractivity (Wildman–Crippen MR) is 78.7 cm³/mol. The average molecular weight is 346 g/mol. The number of carbonyl (C=O) groups excluding carboxylic acids is 1. The SMILES string of the molecule is CC(=O)Oc1ccccc1CSCC(CO[N+](=O)[O-])O[N+](=O)[O-]. The number of thioether (sulfide) groups is 1. The molecule has 0 saturated heterocycles. The van der Waals surface area contributed by atoms with E-state index in [0.717, 1.165) is 0 Å². The van der Waals surface area contributed by atoms with Crippen LogP contribution < -0.4 is 4.74 Å². The summed E-state index contributed by atoms with van der Waals surface area (Å²) in [6, 6.07) is 6.82. The van der Waals surface area contributed by atoms with Crippen molar-refractivity contribution in [3.8, 4) is 5.75 Å². The summed E-state index contributed by atoms with van der Waals surface area (Å²) in [6.07, 6.45) is -1.08. The van der Waals surface area contributed by atoms with Gasteiger partial charge in [0.15, 0.2) is 0 Å². The highest BCUT2D eigenvalue weighted by molar-refractivity contribution is 7.98. The van der Waals surface area contributed by atoms with Crippen LogP contribution in [0.1, 0.15) is 12.5 Å². The molecule has 0 N–H and O–H groups in total. The summed E-state index contributed by atoms with van der Waals surface area (Å²) in [5, 5.41) is 18.4. The number of hydrogen-bond donors (Lipinski definition) is 0. The van der Waals surface area contributed by atoms with Crippen molar-refractivity contribution in [3.63, 3.8) is 0 Å². The van der Waals surface area contributed by atoms with E-state index in [0.29, 0.717) is 17.1 Å². The second kappa shape index (κ2) is 9.46. The summed E-state index contributed by atoms with van der Waals surface area (Å²) in [7, 11) is 0. The van der Waals surface area contributed by atoms with Crippen LogP contribution in [-0.2, 0) is 20.2 Å². The number of para-hydroxylation sites is 1. The Morgan fingerprint density at radius 3 is 2.57 bits per heavy atom. The maximum atomic E-state index is 11.0. The first-order valence-corrected chi connectivity index (χ1v) is 7.46. The fourth-order valence-corrected chi connectivity index (χ4v) is 2.55. The van der Waals surface area contributed by atoms with Crippen molar-refractivity contribution in [3.05, 3.63) is 50.1 Å². The van der Waals surface area contributed by atoms with Gasteiger partial charge in [0.1, 0.15) is 18.5 Å². The Bertz CT molecular complexity index is 568. The Hall–Kier alpha value is -2.56. The summed E-state index contributed by atoms with van der Waals surface area (Å²) >= 11 is 1.23. The fourth-order valence-electron chi connectivity index (χ4n) is 1.55. The number of carbonyl (C=O) groups is 1. The monoisotopic (exact) mass is 346 g/mol. The maximum Gasteiger partial charge on any atom is 0.308 e. The van der Waals surface area contributed by atoms with Crippen molar-refractivity contribution in [2.45, 2.75) is 18.8 Å². The van der Waals surface area contributed by atoms with E-state index >= 15 is 0 Å². The van der Waals surface area contributed by atoms with Crippen LogP contribution in [0.2, 0.25) is 0 Å². The minimum Gasteiger partial charge on any atom is -0.426 e. The van der Waals surface area contributed by atoms with E-state index in [1.165, 1.54) is 18.7 Å². The van der Waals surface area contributed by atoms with Crippen molar-refractivity contribution in [1.82, 2.24) is 0 Å². The van der Waals surface area contributed by atoms with Gasteiger partial charge in [0.2, 0.25) is 0 Å². The van der Waals surface area contributed by atoms with Gasteiger partial charge in [0.05, 0.1) is 0 Å². The van der Waals surface area contributed by atoms with Gasteiger partial charge in [-0.3, -0.25) is 4.79 Å². The molecule has 0 heterocycles. The molecule has 0 aromatic heterocycles. The maximum absolute atomic E-state index is 11.0. The van der Waals surface area contributed by atoms with Crippen LogP contribution in [-0.4, -0.2) is 34.6 Å². The molecule has 1 rings (SSSR count). The zero-order chi connectivity index (χ0) is 17.2. The van der Waals surface area contributed by atoms with E-state index in [9.17, 15) is 25.0 Å². The van der Waals surface area contributed by atoms with Gasteiger partial charge in [-0.1, -0.05) is 18.2 Å². The van der Waals surface area contributed by atoms with Crippen molar-refractivity contribution >= 4 is 17.7 Å². The topological polar surface area (TPSA) is 131 Å². The Morgan fingerprint density at radius 1 is 1.26 bits per heavy atom. The normalized spacial score (nSPS) is 11.3.